The Morgan fingerprint density at radius 1 is 0.422 bits per heavy atom. The van der Waals surface area contributed by atoms with Gasteiger partial charge in [0, 0.05) is 13.2 Å². The van der Waals surface area contributed by atoms with Gasteiger partial charge in [0.25, 0.3) is 0 Å². The highest BCUT2D eigenvalue weighted by Crippen LogP contribution is 2.12. The number of quaternary nitrogens is 1. The fraction of sp³-hybridized carbons (Fsp3) is 0.905. The zero-order chi connectivity index (χ0) is 32.9. The minimum absolute atomic E-state index is 0.210. The van der Waals surface area contributed by atoms with E-state index in [4.69, 9.17) is 9.47 Å². The van der Waals surface area contributed by atoms with Crippen molar-refractivity contribution in [3.05, 3.63) is 24.3 Å². The van der Waals surface area contributed by atoms with E-state index in [-0.39, 0.29) is 6.10 Å². The monoisotopic (exact) mass is 635 g/mol. The van der Waals surface area contributed by atoms with Crippen LogP contribution in [0.5, 0.6) is 0 Å². The first-order valence-corrected chi connectivity index (χ1v) is 20.3. The molecule has 0 heterocycles. The van der Waals surface area contributed by atoms with Crippen LogP contribution in [0.1, 0.15) is 194 Å². The van der Waals surface area contributed by atoms with Crippen LogP contribution in [0.2, 0.25) is 0 Å². The van der Waals surface area contributed by atoms with Crippen molar-refractivity contribution in [1.29, 1.82) is 0 Å². The highest BCUT2D eigenvalue weighted by atomic mass is 16.5. The van der Waals surface area contributed by atoms with Crippen LogP contribution < -0.4 is 0 Å². The fourth-order valence-corrected chi connectivity index (χ4v) is 6.03. The first-order valence-electron chi connectivity index (χ1n) is 20.3. The minimum Gasteiger partial charge on any atom is -0.379 e. The van der Waals surface area contributed by atoms with Gasteiger partial charge in [-0.05, 0) is 64.2 Å². The number of hydrogen-bond donors (Lipinski definition) is 0. The molecule has 45 heavy (non-hydrogen) atoms. The molecule has 0 aromatic carbocycles. The van der Waals surface area contributed by atoms with Gasteiger partial charge in [0.1, 0.15) is 12.6 Å². The van der Waals surface area contributed by atoms with Crippen molar-refractivity contribution in [2.24, 2.45) is 0 Å². The van der Waals surface area contributed by atoms with Crippen LogP contribution >= 0.6 is 0 Å². The number of hydrogen-bond acceptors (Lipinski definition) is 2. The van der Waals surface area contributed by atoms with E-state index in [1.54, 1.807) is 0 Å². The van der Waals surface area contributed by atoms with Gasteiger partial charge in [-0.3, -0.25) is 0 Å². The number of rotatable bonds is 37. The fourth-order valence-electron chi connectivity index (χ4n) is 6.03. The van der Waals surface area contributed by atoms with E-state index in [0.717, 1.165) is 30.8 Å². The summed E-state index contributed by atoms with van der Waals surface area (Å²) in [5.41, 5.74) is 0. The maximum atomic E-state index is 6.32. The number of likely N-dealkylation sites (N-methyl/N-ethyl adjacent to an activating group) is 1. The van der Waals surface area contributed by atoms with E-state index in [1.807, 2.05) is 0 Å². The second kappa shape index (κ2) is 36.2. The lowest BCUT2D eigenvalue weighted by Crippen LogP contribution is -2.44. The molecule has 0 bridgehead atoms. The van der Waals surface area contributed by atoms with Crippen LogP contribution in [0, 0.1) is 0 Å². The normalized spacial score (nSPS) is 13.1. The molecule has 0 aliphatic heterocycles. The smallest absolute Gasteiger partial charge is 0.130 e. The van der Waals surface area contributed by atoms with Gasteiger partial charge in [-0.2, -0.15) is 0 Å². The molecule has 0 aliphatic carbocycles. The van der Waals surface area contributed by atoms with Crippen LogP contribution in [0.4, 0.5) is 0 Å². The molecule has 0 radical (unpaired) electrons. The quantitative estimate of drug-likeness (QED) is 0.0384. The summed E-state index contributed by atoms with van der Waals surface area (Å²) in [4.78, 5) is 0. The summed E-state index contributed by atoms with van der Waals surface area (Å²) in [6.45, 7) is 8.10. The summed E-state index contributed by atoms with van der Waals surface area (Å²) in [7, 11) is 6.77. The zero-order valence-electron chi connectivity index (χ0n) is 31.8. The molecule has 0 aliphatic rings. The Labute approximate surface area is 285 Å². The summed E-state index contributed by atoms with van der Waals surface area (Å²) < 4.78 is 13.3. The molecule has 3 nitrogen and oxygen atoms in total. The first-order chi connectivity index (χ1) is 22.0. The third kappa shape index (κ3) is 39.5. The van der Waals surface area contributed by atoms with E-state index in [2.05, 4.69) is 59.3 Å². The molecule has 0 saturated heterocycles. The van der Waals surface area contributed by atoms with E-state index >= 15 is 0 Å². The number of ether oxygens (including phenoxy) is 2. The molecule has 0 aromatic rings. The van der Waals surface area contributed by atoms with Crippen molar-refractivity contribution in [3.8, 4) is 0 Å². The Morgan fingerprint density at radius 2 is 0.756 bits per heavy atom. The number of nitrogens with zero attached hydrogens (tertiary/aromatic N) is 1. The predicted molar refractivity (Wildman–Crippen MR) is 202 cm³/mol. The Balaban J connectivity index is 3.63. The van der Waals surface area contributed by atoms with E-state index in [9.17, 15) is 0 Å². The third-order valence-corrected chi connectivity index (χ3v) is 8.87. The van der Waals surface area contributed by atoms with Gasteiger partial charge in [-0.25, -0.2) is 0 Å². The molecular formula is C42H84NO2+. The lowest BCUT2D eigenvalue weighted by atomic mass is 10.1. The van der Waals surface area contributed by atoms with E-state index < -0.39 is 0 Å². The SMILES string of the molecule is CCCCCCCC/C=C/CCCCCCCCOC[C@H](C[N+](C)(C)C)OCCCCCCCC/C=C/CCCCCCCC. The number of unbranched alkanes of at least 4 members (excludes halogenated alkanes) is 24. The Morgan fingerprint density at radius 3 is 1.13 bits per heavy atom. The molecular weight excluding hydrogens is 550 g/mol. The molecule has 0 saturated carbocycles. The average Bonchev–Trinajstić information content (AvgIpc) is 3.01. The predicted octanol–water partition coefficient (Wildman–Crippen LogP) is 13.2. The molecule has 0 unspecified atom stereocenters. The van der Waals surface area contributed by atoms with E-state index in [0.29, 0.717) is 0 Å². The Kier molecular flexibility index (Phi) is 35.7. The number of allylic oxidation sites excluding steroid dienone is 4. The van der Waals surface area contributed by atoms with Crippen molar-refractivity contribution in [2.45, 2.75) is 200 Å². The molecule has 3 heteroatoms. The lowest BCUT2D eigenvalue weighted by Gasteiger charge is -2.29. The van der Waals surface area contributed by atoms with Gasteiger partial charge in [0.2, 0.25) is 0 Å². The third-order valence-electron chi connectivity index (χ3n) is 8.87. The van der Waals surface area contributed by atoms with Gasteiger partial charge in [0.05, 0.1) is 27.7 Å². The molecule has 268 valence electrons. The van der Waals surface area contributed by atoms with Crippen molar-refractivity contribution in [3.63, 3.8) is 0 Å². The first kappa shape index (κ1) is 44.4. The zero-order valence-corrected chi connectivity index (χ0v) is 31.8. The maximum absolute atomic E-state index is 6.32. The van der Waals surface area contributed by atoms with Crippen LogP contribution in [0.25, 0.3) is 0 Å². The van der Waals surface area contributed by atoms with Gasteiger partial charge in [-0.15, -0.1) is 0 Å². The molecule has 0 spiro atoms. The highest BCUT2D eigenvalue weighted by molar-refractivity contribution is 4.82. The minimum atomic E-state index is 0.210. The van der Waals surface area contributed by atoms with Crippen LogP contribution in [-0.4, -0.2) is 58.1 Å². The van der Waals surface area contributed by atoms with Crippen molar-refractivity contribution < 1.29 is 14.0 Å². The largest absolute Gasteiger partial charge is 0.379 e. The van der Waals surface area contributed by atoms with Crippen LogP contribution in [0.3, 0.4) is 0 Å². The summed E-state index contributed by atoms with van der Waals surface area (Å²) >= 11 is 0. The summed E-state index contributed by atoms with van der Waals surface area (Å²) in [6.07, 6.45) is 47.6. The maximum Gasteiger partial charge on any atom is 0.130 e. The van der Waals surface area contributed by atoms with Gasteiger partial charge in [0.15, 0.2) is 0 Å². The summed E-state index contributed by atoms with van der Waals surface area (Å²) in [6, 6.07) is 0. The van der Waals surface area contributed by atoms with Crippen molar-refractivity contribution >= 4 is 0 Å². The van der Waals surface area contributed by atoms with Gasteiger partial charge in [-0.1, -0.05) is 154 Å². The molecule has 0 fully saturated rings. The second-order valence-corrected chi connectivity index (χ2v) is 14.9. The molecule has 0 N–H and O–H groups in total. The van der Waals surface area contributed by atoms with Crippen molar-refractivity contribution in [1.82, 2.24) is 0 Å². The van der Waals surface area contributed by atoms with Crippen LogP contribution in [0.15, 0.2) is 24.3 Å². The second-order valence-electron chi connectivity index (χ2n) is 14.9. The lowest BCUT2D eigenvalue weighted by molar-refractivity contribution is -0.873. The molecule has 0 rings (SSSR count). The Hall–Kier alpha value is -0.640. The van der Waals surface area contributed by atoms with Gasteiger partial charge >= 0.3 is 0 Å². The summed E-state index contributed by atoms with van der Waals surface area (Å²) in [5, 5.41) is 0. The molecule has 0 aromatic heterocycles. The summed E-state index contributed by atoms with van der Waals surface area (Å²) in [5.74, 6) is 0. The Bertz CT molecular complexity index is 608. The topological polar surface area (TPSA) is 18.5 Å². The van der Waals surface area contributed by atoms with Crippen LogP contribution in [-0.2, 0) is 9.47 Å². The standard InChI is InChI=1S/C42H84NO2/c1-6-8-10-12-14-16-18-20-22-24-26-28-30-32-34-36-38-44-41-42(40-43(3,4)5)45-39-37-35-33-31-29-27-25-23-21-19-17-15-13-11-9-7-2/h20-23,42H,6-19,24-41H2,1-5H3/q+1/b22-20+,23-21+/t42-/m0/s1. The molecule has 0 amide bonds. The van der Waals surface area contributed by atoms with E-state index in [1.165, 1.54) is 180 Å². The highest BCUT2D eigenvalue weighted by Gasteiger charge is 2.19. The molecule has 1 atom stereocenters. The average molecular weight is 635 g/mol. The van der Waals surface area contributed by atoms with Crippen molar-refractivity contribution in [2.75, 3.05) is 47.5 Å². The van der Waals surface area contributed by atoms with Gasteiger partial charge < -0.3 is 14.0 Å².